The maximum atomic E-state index is 12.0. The van der Waals surface area contributed by atoms with E-state index >= 15 is 0 Å². The number of halogens is 3. The van der Waals surface area contributed by atoms with Gasteiger partial charge in [0.1, 0.15) is 12.4 Å². The molecule has 0 heterocycles. The molecule has 0 spiro atoms. The predicted molar refractivity (Wildman–Crippen MR) is 69.7 cm³/mol. The first-order valence-electron chi connectivity index (χ1n) is 5.98. The lowest BCUT2D eigenvalue weighted by Gasteiger charge is -2.16. The van der Waals surface area contributed by atoms with Gasteiger partial charge in [-0.05, 0) is 37.6 Å². The minimum Gasteiger partial charge on any atom is -0.488 e. The Morgan fingerprint density at radius 2 is 2.11 bits per heavy atom. The highest BCUT2D eigenvalue weighted by molar-refractivity contribution is 6.31. The average molecular weight is 278 g/mol. The molecule has 1 unspecified atom stereocenters. The van der Waals surface area contributed by atoms with Crippen molar-refractivity contribution in [2.45, 2.75) is 32.7 Å². The van der Waals surface area contributed by atoms with Crippen LogP contribution in [0.15, 0.2) is 18.2 Å². The van der Waals surface area contributed by atoms with E-state index in [0.29, 0.717) is 10.8 Å². The van der Waals surface area contributed by atoms with E-state index in [0.717, 1.165) is 18.5 Å². The van der Waals surface area contributed by atoms with E-state index in [2.05, 4.69) is 12.2 Å². The van der Waals surface area contributed by atoms with Gasteiger partial charge in [-0.3, -0.25) is 0 Å². The summed E-state index contributed by atoms with van der Waals surface area (Å²) in [4.78, 5) is 0. The Morgan fingerprint density at radius 1 is 1.39 bits per heavy atom. The highest BCUT2D eigenvalue weighted by atomic mass is 35.5. The SMILES string of the molecule is CCCNC(C)c1ccc(OCC(F)F)cc1Cl. The molecule has 102 valence electrons. The molecule has 0 aliphatic carbocycles. The van der Waals surface area contributed by atoms with Gasteiger partial charge in [0.05, 0.1) is 0 Å². The van der Waals surface area contributed by atoms with E-state index < -0.39 is 13.0 Å². The lowest BCUT2D eigenvalue weighted by Crippen LogP contribution is -2.19. The molecule has 0 saturated heterocycles. The van der Waals surface area contributed by atoms with Crippen molar-refractivity contribution >= 4 is 11.6 Å². The summed E-state index contributed by atoms with van der Waals surface area (Å²) in [5.41, 5.74) is 0.939. The number of rotatable bonds is 7. The normalized spacial score (nSPS) is 12.8. The molecule has 0 amide bonds. The van der Waals surface area contributed by atoms with Crippen molar-refractivity contribution in [1.82, 2.24) is 5.32 Å². The minimum atomic E-state index is -2.48. The average Bonchev–Trinajstić information content (AvgIpc) is 2.33. The summed E-state index contributed by atoms with van der Waals surface area (Å²) >= 11 is 6.11. The summed E-state index contributed by atoms with van der Waals surface area (Å²) in [6.07, 6.45) is -1.44. The van der Waals surface area contributed by atoms with Gasteiger partial charge in [0.2, 0.25) is 0 Å². The Labute approximate surface area is 111 Å². The van der Waals surface area contributed by atoms with Crippen LogP contribution in [-0.2, 0) is 0 Å². The van der Waals surface area contributed by atoms with Crippen molar-refractivity contribution in [3.63, 3.8) is 0 Å². The first kappa shape index (κ1) is 15.2. The molecule has 1 atom stereocenters. The second-order valence-corrected chi connectivity index (χ2v) is 4.47. The summed E-state index contributed by atoms with van der Waals surface area (Å²) in [7, 11) is 0. The molecule has 1 rings (SSSR count). The molecule has 0 saturated carbocycles. The molecule has 0 radical (unpaired) electrons. The third-order valence-electron chi connectivity index (χ3n) is 2.51. The van der Waals surface area contributed by atoms with Gasteiger partial charge in [-0.15, -0.1) is 0 Å². The number of alkyl halides is 2. The lowest BCUT2D eigenvalue weighted by molar-refractivity contribution is 0.0819. The van der Waals surface area contributed by atoms with Crippen molar-refractivity contribution in [3.8, 4) is 5.75 Å². The lowest BCUT2D eigenvalue weighted by atomic mass is 10.1. The maximum absolute atomic E-state index is 12.0. The second kappa shape index (κ2) is 7.54. The molecule has 0 fully saturated rings. The maximum Gasteiger partial charge on any atom is 0.272 e. The fourth-order valence-corrected chi connectivity index (χ4v) is 1.91. The van der Waals surface area contributed by atoms with E-state index in [1.165, 1.54) is 0 Å². The molecule has 1 aromatic carbocycles. The largest absolute Gasteiger partial charge is 0.488 e. The topological polar surface area (TPSA) is 21.3 Å². The van der Waals surface area contributed by atoms with Gasteiger partial charge in [0, 0.05) is 11.1 Å². The number of benzene rings is 1. The van der Waals surface area contributed by atoms with E-state index in [4.69, 9.17) is 16.3 Å². The van der Waals surface area contributed by atoms with Crippen LogP contribution in [0.5, 0.6) is 5.75 Å². The zero-order valence-corrected chi connectivity index (χ0v) is 11.3. The number of ether oxygens (including phenoxy) is 1. The van der Waals surface area contributed by atoms with E-state index in [-0.39, 0.29) is 6.04 Å². The molecule has 5 heteroatoms. The molecule has 18 heavy (non-hydrogen) atoms. The van der Waals surface area contributed by atoms with Crippen LogP contribution in [0.3, 0.4) is 0 Å². The van der Waals surface area contributed by atoms with Crippen molar-refractivity contribution in [3.05, 3.63) is 28.8 Å². The number of nitrogens with one attached hydrogen (secondary N) is 1. The summed E-state index contributed by atoms with van der Waals surface area (Å²) in [5.74, 6) is 0.367. The third-order valence-corrected chi connectivity index (χ3v) is 2.84. The van der Waals surface area contributed by atoms with Crippen LogP contribution in [-0.4, -0.2) is 19.6 Å². The van der Waals surface area contributed by atoms with Gasteiger partial charge in [-0.2, -0.15) is 0 Å². The smallest absolute Gasteiger partial charge is 0.272 e. The van der Waals surface area contributed by atoms with E-state index in [9.17, 15) is 8.78 Å². The van der Waals surface area contributed by atoms with Crippen LogP contribution in [0.2, 0.25) is 5.02 Å². The quantitative estimate of drug-likeness (QED) is 0.812. The predicted octanol–water partition coefficient (Wildman–Crippen LogP) is 4.04. The second-order valence-electron chi connectivity index (χ2n) is 4.06. The first-order chi connectivity index (χ1) is 8.54. The highest BCUT2D eigenvalue weighted by Gasteiger charge is 2.10. The molecular formula is C13H18ClF2NO. The van der Waals surface area contributed by atoms with Crippen molar-refractivity contribution in [1.29, 1.82) is 0 Å². The van der Waals surface area contributed by atoms with Gasteiger partial charge in [-0.25, -0.2) is 8.78 Å². The first-order valence-corrected chi connectivity index (χ1v) is 6.36. The van der Waals surface area contributed by atoms with Gasteiger partial charge in [0.25, 0.3) is 6.43 Å². The van der Waals surface area contributed by atoms with Crippen molar-refractivity contribution in [2.75, 3.05) is 13.2 Å². The molecule has 0 aliphatic heterocycles. The van der Waals surface area contributed by atoms with Crippen molar-refractivity contribution < 1.29 is 13.5 Å². The summed E-state index contributed by atoms with van der Waals surface area (Å²) in [5, 5.41) is 3.84. The van der Waals surface area contributed by atoms with Crippen LogP contribution in [0, 0.1) is 0 Å². The van der Waals surface area contributed by atoms with Gasteiger partial charge < -0.3 is 10.1 Å². The monoisotopic (exact) mass is 277 g/mol. The fraction of sp³-hybridized carbons (Fsp3) is 0.538. The van der Waals surface area contributed by atoms with E-state index in [1.807, 2.05) is 6.92 Å². The standard InChI is InChI=1S/C13H18ClF2NO/c1-3-6-17-9(2)11-5-4-10(7-12(11)14)18-8-13(15)16/h4-5,7,9,13,17H,3,6,8H2,1-2H3. The molecule has 1 aromatic rings. The molecule has 0 aromatic heterocycles. The van der Waals surface area contributed by atoms with Gasteiger partial charge >= 0.3 is 0 Å². The molecule has 1 N–H and O–H groups in total. The minimum absolute atomic E-state index is 0.126. The van der Waals surface area contributed by atoms with Crippen LogP contribution in [0.4, 0.5) is 8.78 Å². The van der Waals surface area contributed by atoms with Gasteiger partial charge in [0.15, 0.2) is 0 Å². The van der Waals surface area contributed by atoms with Crippen LogP contribution >= 0.6 is 11.6 Å². The van der Waals surface area contributed by atoms with E-state index in [1.54, 1.807) is 18.2 Å². The zero-order valence-electron chi connectivity index (χ0n) is 10.6. The Bertz CT molecular complexity index is 374. The third kappa shape index (κ3) is 4.78. The van der Waals surface area contributed by atoms with Crippen LogP contribution in [0.25, 0.3) is 0 Å². The Morgan fingerprint density at radius 3 is 2.67 bits per heavy atom. The highest BCUT2D eigenvalue weighted by Crippen LogP contribution is 2.27. The number of hydrogen-bond acceptors (Lipinski definition) is 2. The van der Waals surface area contributed by atoms with Crippen LogP contribution in [0.1, 0.15) is 31.9 Å². The Kier molecular flexibility index (Phi) is 6.36. The summed E-state index contributed by atoms with van der Waals surface area (Å²) in [6.45, 7) is 4.39. The molecule has 2 nitrogen and oxygen atoms in total. The summed E-state index contributed by atoms with van der Waals surface area (Å²) in [6, 6.07) is 5.16. The molecular weight excluding hydrogens is 260 g/mol. The van der Waals surface area contributed by atoms with Gasteiger partial charge in [-0.1, -0.05) is 24.6 Å². The Hall–Kier alpha value is -0.870. The zero-order chi connectivity index (χ0) is 13.5. The summed E-state index contributed by atoms with van der Waals surface area (Å²) < 4.78 is 28.9. The Balaban J connectivity index is 2.66. The molecule has 0 bridgehead atoms. The van der Waals surface area contributed by atoms with Crippen LogP contribution < -0.4 is 10.1 Å². The fourth-order valence-electron chi connectivity index (χ4n) is 1.58. The number of hydrogen-bond donors (Lipinski definition) is 1. The van der Waals surface area contributed by atoms with Crippen molar-refractivity contribution in [2.24, 2.45) is 0 Å². The molecule has 0 aliphatic rings.